The number of morpholine rings is 1. The normalized spacial score (nSPS) is 41.8. The molecule has 4 nitrogen and oxygen atoms in total. The maximum absolute atomic E-state index is 13.1. The Labute approximate surface area is 119 Å². The van der Waals surface area contributed by atoms with Gasteiger partial charge in [-0.3, -0.25) is 4.79 Å². The summed E-state index contributed by atoms with van der Waals surface area (Å²) in [4.78, 5) is 15.2. The van der Waals surface area contributed by atoms with E-state index >= 15 is 0 Å². The Bertz CT molecular complexity index is 474. The molecule has 1 amide bonds. The predicted octanol–water partition coefficient (Wildman–Crippen LogP) is 1.58. The van der Waals surface area contributed by atoms with E-state index in [1.807, 2.05) is 0 Å². The van der Waals surface area contributed by atoms with Crippen LogP contribution in [0.1, 0.15) is 39.5 Å². The molecule has 2 aliphatic heterocycles. The monoisotopic (exact) mass is 277 g/mol. The first kappa shape index (κ1) is 12.0. The average molecular weight is 277 g/mol. The van der Waals surface area contributed by atoms with Crippen molar-refractivity contribution < 1.29 is 14.3 Å². The SMILES string of the molecule is CC1(C)CN(C(=O)C2C3(CC3)C23CC3)[C@@H]2COC[C@H]2O1. The van der Waals surface area contributed by atoms with Gasteiger partial charge in [-0.15, -0.1) is 0 Å². The molecule has 0 aromatic heterocycles. The van der Waals surface area contributed by atoms with Crippen LogP contribution < -0.4 is 0 Å². The molecule has 0 N–H and O–H groups in total. The molecule has 3 saturated carbocycles. The second kappa shape index (κ2) is 3.25. The van der Waals surface area contributed by atoms with Crippen LogP contribution >= 0.6 is 0 Å². The quantitative estimate of drug-likeness (QED) is 0.730. The molecule has 0 unspecified atom stereocenters. The Morgan fingerprint density at radius 2 is 1.75 bits per heavy atom. The highest BCUT2D eigenvalue weighted by molar-refractivity contribution is 5.87. The number of carbonyl (C=O) groups is 1. The van der Waals surface area contributed by atoms with Crippen LogP contribution in [0.2, 0.25) is 0 Å². The Morgan fingerprint density at radius 3 is 2.35 bits per heavy atom. The molecule has 3 aliphatic carbocycles. The Morgan fingerprint density at radius 1 is 1.10 bits per heavy atom. The maximum Gasteiger partial charge on any atom is 0.227 e. The van der Waals surface area contributed by atoms with Crippen LogP contribution in [-0.2, 0) is 14.3 Å². The number of amides is 1. The Kier molecular flexibility index (Phi) is 1.95. The van der Waals surface area contributed by atoms with Crippen molar-refractivity contribution in [3.8, 4) is 0 Å². The van der Waals surface area contributed by atoms with Gasteiger partial charge in [-0.1, -0.05) is 0 Å². The van der Waals surface area contributed by atoms with Gasteiger partial charge in [0.1, 0.15) is 6.10 Å². The van der Waals surface area contributed by atoms with E-state index in [2.05, 4.69) is 18.7 Å². The number of hydrogen-bond donors (Lipinski definition) is 0. The van der Waals surface area contributed by atoms with Crippen LogP contribution in [0.3, 0.4) is 0 Å². The van der Waals surface area contributed by atoms with Crippen molar-refractivity contribution >= 4 is 5.91 Å². The summed E-state index contributed by atoms with van der Waals surface area (Å²) in [6.45, 7) is 6.19. The molecular weight excluding hydrogens is 254 g/mol. The van der Waals surface area contributed by atoms with E-state index in [0.29, 0.717) is 35.9 Å². The van der Waals surface area contributed by atoms with E-state index in [1.54, 1.807) is 0 Å². The number of fused-ring (bicyclic) bond motifs is 2. The van der Waals surface area contributed by atoms with E-state index in [1.165, 1.54) is 25.7 Å². The van der Waals surface area contributed by atoms with Crippen LogP contribution in [0.5, 0.6) is 0 Å². The fourth-order valence-corrected chi connectivity index (χ4v) is 5.36. The first-order chi connectivity index (χ1) is 9.49. The molecule has 2 heterocycles. The molecule has 0 radical (unpaired) electrons. The maximum atomic E-state index is 13.1. The molecule has 2 saturated heterocycles. The van der Waals surface area contributed by atoms with Crippen molar-refractivity contribution in [2.24, 2.45) is 16.7 Å². The molecular formula is C16H23NO3. The van der Waals surface area contributed by atoms with Crippen LogP contribution in [0.4, 0.5) is 0 Å². The van der Waals surface area contributed by atoms with Crippen LogP contribution in [0.15, 0.2) is 0 Å². The van der Waals surface area contributed by atoms with Crippen molar-refractivity contribution in [1.82, 2.24) is 4.90 Å². The number of nitrogens with zero attached hydrogens (tertiary/aromatic N) is 1. The summed E-state index contributed by atoms with van der Waals surface area (Å²) in [5, 5.41) is 0. The minimum Gasteiger partial charge on any atom is -0.376 e. The molecule has 5 rings (SSSR count). The summed E-state index contributed by atoms with van der Waals surface area (Å²) in [6.07, 6.45) is 5.25. The van der Waals surface area contributed by atoms with E-state index in [4.69, 9.17) is 9.47 Å². The van der Waals surface area contributed by atoms with Crippen LogP contribution in [0, 0.1) is 16.7 Å². The summed E-state index contributed by atoms with van der Waals surface area (Å²) < 4.78 is 11.7. The van der Waals surface area contributed by atoms with Gasteiger partial charge in [-0.25, -0.2) is 0 Å². The van der Waals surface area contributed by atoms with Gasteiger partial charge in [-0.05, 0) is 50.4 Å². The van der Waals surface area contributed by atoms with E-state index in [-0.39, 0.29) is 17.7 Å². The molecule has 20 heavy (non-hydrogen) atoms. The zero-order valence-corrected chi connectivity index (χ0v) is 12.4. The van der Waals surface area contributed by atoms with Gasteiger partial charge in [0.05, 0.1) is 30.8 Å². The lowest BCUT2D eigenvalue weighted by Crippen LogP contribution is -2.60. The van der Waals surface area contributed by atoms with Crippen molar-refractivity contribution in [3.63, 3.8) is 0 Å². The van der Waals surface area contributed by atoms with E-state index in [0.717, 1.165) is 6.54 Å². The van der Waals surface area contributed by atoms with Gasteiger partial charge in [0, 0.05) is 6.54 Å². The largest absolute Gasteiger partial charge is 0.376 e. The third-order valence-electron chi connectivity index (χ3n) is 6.54. The molecule has 5 aliphatic rings. The minimum atomic E-state index is -0.243. The second-order valence-corrected chi connectivity index (χ2v) is 8.23. The number of hydrogen-bond acceptors (Lipinski definition) is 3. The minimum absolute atomic E-state index is 0.0757. The Balaban J connectivity index is 1.43. The zero-order valence-electron chi connectivity index (χ0n) is 12.4. The first-order valence-corrected chi connectivity index (χ1v) is 8.05. The topological polar surface area (TPSA) is 38.8 Å². The van der Waals surface area contributed by atoms with Gasteiger partial charge >= 0.3 is 0 Å². The van der Waals surface area contributed by atoms with Crippen LogP contribution in [-0.4, -0.2) is 48.3 Å². The molecule has 0 aromatic rings. The summed E-state index contributed by atoms with van der Waals surface area (Å²) in [5.74, 6) is 0.752. The summed E-state index contributed by atoms with van der Waals surface area (Å²) >= 11 is 0. The van der Waals surface area contributed by atoms with Crippen molar-refractivity contribution in [1.29, 1.82) is 0 Å². The zero-order chi connectivity index (χ0) is 13.8. The van der Waals surface area contributed by atoms with Gasteiger partial charge in [0.2, 0.25) is 5.91 Å². The van der Waals surface area contributed by atoms with Crippen molar-refractivity contribution in [2.45, 2.75) is 57.3 Å². The number of rotatable bonds is 1. The van der Waals surface area contributed by atoms with Gasteiger partial charge in [-0.2, -0.15) is 0 Å². The third-order valence-corrected chi connectivity index (χ3v) is 6.54. The van der Waals surface area contributed by atoms with Gasteiger partial charge < -0.3 is 14.4 Å². The van der Waals surface area contributed by atoms with Crippen molar-refractivity contribution in [3.05, 3.63) is 0 Å². The molecule has 2 atom stereocenters. The standard InChI is InChI=1S/C16H23NO3/c1-14(2)9-17(10-7-19-8-11(10)20-14)13(18)12-15(3-4-15)16(12)5-6-16/h10-12H,3-9H2,1-2H3/t10-,11-/m1/s1. The fourth-order valence-electron chi connectivity index (χ4n) is 5.36. The van der Waals surface area contributed by atoms with Gasteiger partial charge in [0.25, 0.3) is 0 Å². The molecule has 0 bridgehead atoms. The lowest BCUT2D eigenvalue weighted by Gasteiger charge is -2.45. The average Bonchev–Trinajstić information content (AvgIpc) is 3.32. The predicted molar refractivity (Wildman–Crippen MR) is 72.1 cm³/mol. The molecule has 5 fully saturated rings. The Hall–Kier alpha value is -0.610. The summed E-state index contributed by atoms with van der Waals surface area (Å²) in [6, 6.07) is 0.155. The summed E-state index contributed by atoms with van der Waals surface area (Å²) in [7, 11) is 0. The molecule has 0 aromatic carbocycles. The van der Waals surface area contributed by atoms with Gasteiger partial charge in [0.15, 0.2) is 0 Å². The van der Waals surface area contributed by atoms with Crippen molar-refractivity contribution in [2.75, 3.05) is 19.8 Å². The summed E-state index contributed by atoms with van der Waals surface area (Å²) in [5.41, 5.74) is 0.649. The lowest BCUT2D eigenvalue weighted by molar-refractivity contribution is -0.170. The number of carbonyl (C=O) groups excluding carboxylic acids is 1. The van der Waals surface area contributed by atoms with E-state index < -0.39 is 0 Å². The highest BCUT2D eigenvalue weighted by Gasteiger charge is 2.89. The smallest absolute Gasteiger partial charge is 0.227 e. The molecule has 110 valence electrons. The van der Waals surface area contributed by atoms with E-state index in [9.17, 15) is 4.79 Å². The molecule has 4 heteroatoms. The van der Waals surface area contributed by atoms with Crippen LogP contribution in [0.25, 0.3) is 0 Å². The fraction of sp³-hybridized carbons (Fsp3) is 0.938. The first-order valence-electron chi connectivity index (χ1n) is 8.05. The molecule has 2 spiro atoms. The highest BCUT2D eigenvalue weighted by Crippen LogP contribution is 2.92. The highest BCUT2D eigenvalue weighted by atomic mass is 16.6. The number of ether oxygens (including phenoxy) is 2. The third kappa shape index (κ3) is 1.28. The lowest BCUT2D eigenvalue weighted by atomic mass is 9.99. The second-order valence-electron chi connectivity index (χ2n) is 8.23.